The maximum absolute atomic E-state index is 12.1. The van der Waals surface area contributed by atoms with Gasteiger partial charge in [-0.3, -0.25) is 9.79 Å². The van der Waals surface area contributed by atoms with Crippen molar-refractivity contribution in [3.63, 3.8) is 0 Å². The molecule has 0 aromatic heterocycles. The molecular weight excluding hydrogens is 344 g/mol. The summed E-state index contributed by atoms with van der Waals surface area (Å²) in [4.78, 5) is 16.7. The van der Waals surface area contributed by atoms with E-state index in [1.807, 2.05) is 24.8 Å². The van der Waals surface area contributed by atoms with Crippen LogP contribution in [0.25, 0.3) is 0 Å². The second kappa shape index (κ2) is 10.5. The SMILES string of the molecule is CCNC(=NCC1CCCS1)NCCNC(=O)c1ccccc1Cl. The second-order valence-electron chi connectivity index (χ2n) is 5.52. The van der Waals surface area contributed by atoms with Crippen LogP contribution in [0.3, 0.4) is 0 Å². The number of hydrogen-bond acceptors (Lipinski definition) is 3. The highest BCUT2D eigenvalue weighted by Gasteiger charge is 2.15. The number of hydrogen-bond donors (Lipinski definition) is 3. The van der Waals surface area contributed by atoms with Crippen LogP contribution in [0.15, 0.2) is 29.3 Å². The third-order valence-corrected chi connectivity index (χ3v) is 5.35. The van der Waals surface area contributed by atoms with E-state index in [1.165, 1.54) is 18.6 Å². The molecule has 0 spiro atoms. The van der Waals surface area contributed by atoms with Crippen molar-refractivity contribution in [2.75, 3.05) is 31.9 Å². The highest BCUT2D eigenvalue weighted by molar-refractivity contribution is 8.00. The van der Waals surface area contributed by atoms with Crippen LogP contribution in [0.2, 0.25) is 5.02 Å². The lowest BCUT2D eigenvalue weighted by Gasteiger charge is -2.13. The van der Waals surface area contributed by atoms with Gasteiger partial charge in [0, 0.05) is 24.9 Å². The lowest BCUT2D eigenvalue weighted by Crippen LogP contribution is -2.41. The van der Waals surface area contributed by atoms with Gasteiger partial charge in [0.2, 0.25) is 0 Å². The third-order valence-electron chi connectivity index (χ3n) is 3.64. The molecule has 132 valence electrons. The van der Waals surface area contributed by atoms with Crippen LogP contribution in [0.5, 0.6) is 0 Å². The highest BCUT2D eigenvalue weighted by atomic mass is 35.5. The summed E-state index contributed by atoms with van der Waals surface area (Å²) in [5.41, 5.74) is 0.498. The molecule has 1 saturated heterocycles. The molecule has 5 nitrogen and oxygen atoms in total. The minimum Gasteiger partial charge on any atom is -0.357 e. The molecule has 1 unspecified atom stereocenters. The zero-order valence-corrected chi connectivity index (χ0v) is 15.6. The number of carbonyl (C=O) groups excluding carboxylic acids is 1. The number of aliphatic imine (C=N–C) groups is 1. The number of benzene rings is 1. The highest BCUT2D eigenvalue weighted by Crippen LogP contribution is 2.25. The van der Waals surface area contributed by atoms with Crippen LogP contribution >= 0.6 is 23.4 Å². The number of guanidine groups is 1. The lowest BCUT2D eigenvalue weighted by atomic mass is 10.2. The lowest BCUT2D eigenvalue weighted by molar-refractivity contribution is 0.0954. The molecule has 1 fully saturated rings. The van der Waals surface area contributed by atoms with Gasteiger partial charge < -0.3 is 16.0 Å². The fourth-order valence-corrected chi connectivity index (χ4v) is 3.82. The molecule has 2 rings (SSSR count). The van der Waals surface area contributed by atoms with Crippen molar-refractivity contribution in [2.24, 2.45) is 4.99 Å². The van der Waals surface area contributed by atoms with E-state index >= 15 is 0 Å². The average molecular weight is 369 g/mol. The van der Waals surface area contributed by atoms with Gasteiger partial charge in [0.15, 0.2) is 5.96 Å². The number of thioether (sulfide) groups is 1. The fraction of sp³-hybridized carbons (Fsp3) is 0.529. The Morgan fingerprint density at radius 2 is 2.08 bits per heavy atom. The minimum absolute atomic E-state index is 0.160. The summed E-state index contributed by atoms with van der Waals surface area (Å²) in [5.74, 6) is 1.89. The summed E-state index contributed by atoms with van der Waals surface area (Å²) in [6.07, 6.45) is 2.55. The predicted octanol–water partition coefficient (Wildman–Crippen LogP) is 2.52. The Hall–Kier alpha value is -1.40. The quantitative estimate of drug-likeness (QED) is 0.393. The van der Waals surface area contributed by atoms with Crippen molar-refractivity contribution in [2.45, 2.75) is 25.0 Å². The summed E-state index contributed by atoms with van der Waals surface area (Å²) >= 11 is 8.02. The number of nitrogens with one attached hydrogen (secondary N) is 3. The molecular formula is C17H25ClN4OS. The molecule has 1 aromatic rings. The van der Waals surface area contributed by atoms with Gasteiger partial charge >= 0.3 is 0 Å². The first-order valence-electron chi connectivity index (χ1n) is 8.37. The molecule has 0 aliphatic carbocycles. The Bertz CT molecular complexity index is 561. The topological polar surface area (TPSA) is 65.5 Å². The molecule has 1 amide bonds. The fourth-order valence-electron chi connectivity index (χ4n) is 2.42. The van der Waals surface area contributed by atoms with E-state index in [0.29, 0.717) is 28.9 Å². The van der Waals surface area contributed by atoms with E-state index in [9.17, 15) is 4.79 Å². The van der Waals surface area contributed by atoms with Gasteiger partial charge in [-0.15, -0.1) is 0 Å². The van der Waals surface area contributed by atoms with Crippen LogP contribution in [-0.4, -0.2) is 49.0 Å². The molecule has 1 aromatic carbocycles. The monoisotopic (exact) mass is 368 g/mol. The Labute approximate surface area is 153 Å². The minimum atomic E-state index is -0.160. The van der Waals surface area contributed by atoms with Crippen LogP contribution < -0.4 is 16.0 Å². The van der Waals surface area contributed by atoms with Crippen molar-refractivity contribution in [1.29, 1.82) is 0 Å². The van der Waals surface area contributed by atoms with Gasteiger partial charge in [0.1, 0.15) is 0 Å². The van der Waals surface area contributed by atoms with Crippen molar-refractivity contribution >= 4 is 35.2 Å². The molecule has 7 heteroatoms. The molecule has 1 aliphatic heterocycles. The van der Waals surface area contributed by atoms with E-state index in [4.69, 9.17) is 11.6 Å². The number of carbonyl (C=O) groups is 1. The molecule has 1 atom stereocenters. The summed E-state index contributed by atoms with van der Waals surface area (Å²) in [5, 5.41) is 10.4. The Morgan fingerprint density at radius 3 is 2.79 bits per heavy atom. The first kappa shape index (κ1) is 18.9. The van der Waals surface area contributed by atoms with Crippen LogP contribution in [-0.2, 0) is 0 Å². The van der Waals surface area contributed by atoms with Gasteiger partial charge in [-0.25, -0.2) is 0 Å². The Balaban J connectivity index is 1.73. The molecule has 1 heterocycles. The number of halogens is 1. The van der Waals surface area contributed by atoms with Gasteiger partial charge in [-0.05, 0) is 37.7 Å². The molecule has 3 N–H and O–H groups in total. The van der Waals surface area contributed by atoms with Gasteiger partial charge in [0.25, 0.3) is 5.91 Å². The van der Waals surface area contributed by atoms with Crippen LogP contribution in [0.4, 0.5) is 0 Å². The van der Waals surface area contributed by atoms with Crippen LogP contribution in [0.1, 0.15) is 30.1 Å². The Kier molecular flexibility index (Phi) is 8.25. The zero-order chi connectivity index (χ0) is 17.2. The number of rotatable bonds is 7. The van der Waals surface area contributed by atoms with E-state index < -0.39 is 0 Å². The predicted molar refractivity (Wildman–Crippen MR) is 103 cm³/mol. The molecule has 24 heavy (non-hydrogen) atoms. The summed E-state index contributed by atoms with van der Waals surface area (Å²) in [6.45, 7) is 4.81. The maximum atomic E-state index is 12.1. The first-order chi connectivity index (χ1) is 11.7. The van der Waals surface area contributed by atoms with Gasteiger partial charge in [0.05, 0.1) is 17.1 Å². The summed E-state index contributed by atoms with van der Waals surface area (Å²) in [7, 11) is 0. The van der Waals surface area contributed by atoms with E-state index in [2.05, 4.69) is 20.9 Å². The maximum Gasteiger partial charge on any atom is 0.252 e. The third kappa shape index (κ3) is 6.24. The molecule has 0 saturated carbocycles. The molecule has 0 bridgehead atoms. The van der Waals surface area contributed by atoms with E-state index in [0.717, 1.165) is 19.0 Å². The summed E-state index contributed by atoms with van der Waals surface area (Å²) in [6, 6.07) is 7.04. The second-order valence-corrected chi connectivity index (χ2v) is 7.33. The number of amides is 1. The molecule has 1 aliphatic rings. The normalized spacial score (nSPS) is 17.6. The van der Waals surface area contributed by atoms with Crippen molar-refractivity contribution < 1.29 is 4.79 Å². The number of nitrogens with zero attached hydrogens (tertiary/aromatic N) is 1. The smallest absolute Gasteiger partial charge is 0.252 e. The summed E-state index contributed by atoms with van der Waals surface area (Å²) < 4.78 is 0. The average Bonchev–Trinajstić information content (AvgIpc) is 3.10. The standard InChI is InChI=1S/C17H25ClN4OS/c1-2-19-17(22-12-13-6-5-11-24-13)21-10-9-20-16(23)14-7-3-4-8-15(14)18/h3-4,7-8,13H,2,5-6,9-12H2,1H3,(H,20,23)(H2,19,21,22). The first-order valence-corrected chi connectivity index (χ1v) is 9.80. The molecule has 0 radical (unpaired) electrons. The van der Waals surface area contributed by atoms with E-state index in [1.54, 1.807) is 18.2 Å². The van der Waals surface area contributed by atoms with Crippen LogP contribution in [0, 0.1) is 0 Å². The largest absolute Gasteiger partial charge is 0.357 e. The van der Waals surface area contributed by atoms with Crippen molar-refractivity contribution in [3.8, 4) is 0 Å². The van der Waals surface area contributed by atoms with Crippen molar-refractivity contribution in [3.05, 3.63) is 34.9 Å². The van der Waals surface area contributed by atoms with E-state index in [-0.39, 0.29) is 5.91 Å². The van der Waals surface area contributed by atoms with Gasteiger partial charge in [-0.2, -0.15) is 11.8 Å². The van der Waals surface area contributed by atoms with Crippen molar-refractivity contribution in [1.82, 2.24) is 16.0 Å². The Morgan fingerprint density at radius 1 is 1.29 bits per heavy atom. The zero-order valence-electron chi connectivity index (χ0n) is 14.0. The van der Waals surface area contributed by atoms with Gasteiger partial charge in [-0.1, -0.05) is 23.7 Å².